The summed E-state index contributed by atoms with van der Waals surface area (Å²) in [4.78, 5) is 67.7. The standard InChI is InChI=1S/C40H51N3O9/c1-7-38(5)18-29(39(6)21(2)10-14-40(23(4)34(38)46)15-11-28(44)33(39)40)52-37(50)41-35(47)24-12-16-42(17-13-24)27-9-8-25-30-32(27)51-20-22(3)43(30)19-26(31(25)45)36(48)49/h7-9,19,21-24,29,33-34,46H,1,10-18,20H2,2-6H3,(H,48,49)(H,41,47,50)/t21-,22+,23+,29-,33?,34+,38-,39+,40?/m1/s1. The lowest BCUT2D eigenvalue weighted by atomic mass is 9.44. The van der Waals surface area contributed by atoms with Crippen LogP contribution in [-0.2, 0) is 14.3 Å². The summed E-state index contributed by atoms with van der Waals surface area (Å²) in [7, 11) is 0. The van der Waals surface area contributed by atoms with Crippen molar-refractivity contribution in [3.05, 3.63) is 46.8 Å². The fraction of sp³-hybridized carbons (Fsp3) is 0.625. The number of aromatic carboxylic acids is 1. The lowest BCUT2D eigenvalue weighted by Gasteiger charge is -2.61. The summed E-state index contributed by atoms with van der Waals surface area (Å²) in [6.45, 7) is 15.4. The summed E-state index contributed by atoms with van der Waals surface area (Å²) >= 11 is 0. The van der Waals surface area contributed by atoms with E-state index in [2.05, 4.69) is 37.6 Å². The van der Waals surface area contributed by atoms with Gasteiger partial charge in [-0.3, -0.25) is 19.7 Å². The van der Waals surface area contributed by atoms with E-state index in [9.17, 15) is 34.2 Å². The summed E-state index contributed by atoms with van der Waals surface area (Å²) in [5, 5.41) is 24.2. The number of rotatable bonds is 5. The Bertz CT molecular complexity index is 1920. The second kappa shape index (κ2) is 12.7. The van der Waals surface area contributed by atoms with Crippen LogP contribution in [0.3, 0.4) is 0 Å². The zero-order valence-electron chi connectivity index (χ0n) is 30.8. The van der Waals surface area contributed by atoms with Crippen LogP contribution in [0, 0.1) is 39.9 Å². The number of anilines is 1. The third-order valence-corrected chi connectivity index (χ3v) is 14.3. The molecule has 280 valence electrons. The number of ether oxygens (including phenoxy) is 2. The number of pyridine rings is 1. The van der Waals surface area contributed by atoms with Gasteiger partial charge in [-0.05, 0) is 74.8 Å². The smallest absolute Gasteiger partial charge is 0.414 e. The van der Waals surface area contributed by atoms with Gasteiger partial charge in [-0.1, -0.05) is 33.8 Å². The minimum atomic E-state index is -1.28. The number of Topliss-reactive ketones (excluding diaryl/α,β-unsaturated/α-hetero) is 1. The highest BCUT2D eigenvalue weighted by Crippen LogP contribution is 2.68. The van der Waals surface area contributed by atoms with Gasteiger partial charge in [0.2, 0.25) is 11.3 Å². The van der Waals surface area contributed by atoms with Crippen LogP contribution in [0.1, 0.15) is 96.0 Å². The van der Waals surface area contributed by atoms with Crippen molar-refractivity contribution in [3.8, 4) is 5.75 Å². The molecule has 52 heavy (non-hydrogen) atoms. The number of nitrogens with zero attached hydrogens (tertiary/aromatic N) is 2. The molecule has 0 spiro atoms. The Morgan fingerprint density at radius 3 is 2.46 bits per heavy atom. The molecule has 3 saturated carbocycles. The lowest BCUT2D eigenvalue weighted by Crippen LogP contribution is -2.63. The van der Waals surface area contributed by atoms with E-state index in [-0.39, 0.29) is 46.9 Å². The number of aromatic nitrogens is 1. The molecule has 1 aromatic carbocycles. The van der Waals surface area contributed by atoms with E-state index in [0.717, 1.165) is 18.5 Å². The summed E-state index contributed by atoms with van der Waals surface area (Å²) in [5.74, 6) is -1.91. The zero-order valence-corrected chi connectivity index (χ0v) is 30.8. The van der Waals surface area contributed by atoms with Gasteiger partial charge < -0.3 is 29.2 Å². The Kier molecular flexibility index (Phi) is 8.86. The molecule has 2 amide bonds. The van der Waals surface area contributed by atoms with Crippen LogP contribution < -0.4 is 20.4 Å². The number of nitrogens with one attached hydrogen (secondary N) is 1. The molecule has 2 unspecified atom stereocenters. The Hall–Kier alpha value is -4.19. The molecule has 12 nitrogen and oxygen atoms in total. The van der Waals surface area contributed by atoms with E-state index < -0.39 is 57.8 Å². The van der Waals surface area contributed by atoms with E-state index in [0.29, 0.717) is 56.6 Å². The topological polar surface area (TPSA) is 164 Å². The van der Waals surface area contributed by atoms with Gasteiger partial charge in [0.15, 0.2) is 5.75 Å². The second-order valence-corrected chi connectivity index (χ2v) is 16.8. The molecule has 9 atom stereocenters. The van der Waals surface area contributed by atoms with Gasteiger partial charge in [0.05, 0.1) is 28.7 Å². The maximum Gasteiger partial charge on any atom is 0.414 e. The fourth-order valence-corrected chi connectivity index (χ4v) is 10.8. The van der Waals surface area contributed by atoms with E-state index >= 15 is 0 Å². The minimum absolute atomic E-state index is 0.0727. The van der Waals surface area contributed by atoms with Crippen LogP contribution in [0.2, 0.25) is 0 Å². The van der Waals surface area contributed by atoms with E-state index in [1.165, 1.54) is 6.20 Å². The molecule has 7 rings (SSSR count). The van der Waals surface area contributed by atoms with Crippen LogP contribution in [0.5, 0.6) is 5.75 Å². The number of imide groups is 1. The molecule has 3 N–H and O–H groups in total. The number of hydrogen-bond acceptors (Lipinski definition) is 9. The highest BCUT2D eigenvalue weighted by Gasteiger charge is 2.68. The molecule has 3 aliphatic carbocycles. The van der Waals surface area contributed by atoms with Crippen molar-refractivity contribution < 1.29 is 38.9 Å². The van der Waals surface area contributed by atoms with Crippen LogP contribution in [-0.4, -0.2) is 70.4 Å². The van der Waals surface area contributed by atoms with Crippen molar-refractivity contribution in [1.82, 2.24) is 9.88 Å². The van der Waals surface area contributed by atoms with E-state index in [4.69, 9.17) is 9.47 Å². The predicted octanol–water partition coefficient (Wildman–Crippen LogP) is 5.49. The second-order valence-electron chi connectivity index (χ2n) is 16.8. The van der Waals surface area contributed by atoms with E-state index in [1.807, 2.05) is 13.8 Å². The lowest BCUT2D eigenvalue weighted by molar-refractivity contribution is -0.191. The molecular weight excluding hydrogens is 666 g/mol. The molecule has 1 aromatic heterocycles. The number of carbonyl (C=O) groups is 4. The zero-order chi connectivity index (χ0) is 37.5. The predicted molar refractivity (Wildman–Crippen MR) is 193 cm³/mol. The van der Waals surface area contributed by atoms with Crippen LogP contribution in [0.4, 0.5) is 10.5 Å². The number of aliphatic hydroxyl groups excluding tert-OH is 1. The Morgan fingerprint density at radius 2 is 1.79 bits per heavy atom. The number of benzene rings is 1. The Labute approximate surface area is 303 Å². The molecule has 2 aliphatic heterocycles. The third-order valence-electron chi connectivity index (χ3n) is 14.3. The maximum absolute atomic E-state index is 13.7. The SMILES string of the molecule is C=C[C@]1(C)C[C@@H](OC(=O)NC(=O)C2CCN(c3ccc4c(=O)c(C(=O)O)cn5c4c3OC[C@@H]5C)CC2)[C@@]2(C)C3C(=O)CCC3(CC[C@H]2C)[C@@H](C)[C@@H]1O. The van der Waals surface area contributed by atoms with Gasteiger partial charge in [0.1, 0.15) is 24.1 Å². The van der Waals surface area contributed by atoms with E-state index in [1.54, 1.807) is 22.8 Å². The number of amides is 2. The van der Waals surface area contributed by atoms with Crippen molar-refractivity contribution in [2.75, 3.05) is 24.6 Å². The first-order valence-corrected chi connectivity index (χ1v) is 18.8. The van der Waals surface area contributed by atoms with Gasteiger partial charge in [-0.15, -0.1) is 6.58 Å². The Balaban J connectivity index is 1.08. The van der Waals surface area contributed by atoms with Gasteiger partial charge in [-0.2, -0.15) is 0 Å². The molecule has 5 aliphatic rings. The summed E-state index contributed by atoms with van der Waals surface area (Å²) in [6, 6.07) is 3.23. The number of alkyl carbamates (subject to hydrolysis) is 1. The van der Waals surface area contributed by atoms with Crippen molar-refractivity contribution in [2.45, 2.75) is 97.8 Å². The van der Waals surface area contributed by atoms with Gasteiger partial charge in [0, 0.05) is 48.4 Å². The summed E-state index contributed by atoms with van der Waals surface area (Å²) in [5.41, 5.74) is -1.40. The number of piperidine rings is 1. The average molecular weight is 718 g/mol. The van der Waals surface area contributed by atoms with Gasteiger partial charge >= 0.3 is 12.1 Å². The first kappa shape index (κ1) is 36.2. The maximum atomic E-state index is 13.7. The van der Waals surface area contributed by atoms with Crippen molar-refractivity contribution in [2.24, 2.45) is 39.9 Å². The fourth-order valence-electron chi connectivity index (χ4n) is 10.8. The molecule has 4 fully saturated rings. The average Bonchev–Trinajstić information content (AvgIpc) is 3.48. The third kappa shape index (κ3) is 5.29. The summed E-state index contributed by atoms with van der Waals surface area (Å²) in [6.07, 6.45) is 4.80. The van der Waals surface area contributed by atoms with Crippen molar-refractivity contribution >= 4 is 40.3 Å². The van der Waals surface area contributed by atoms with Crippen LogP contribution >= 0.6 is 0 Å². The largest absolute Gasteiger partial charge is 0.487 e. The van der Waals surface area contributed by atoms with Crippen molar-refractivity contribution in [1.29, 1.82) is 0 Å². The van der Waals surface area contributed by atoms with Crippen LogP contribution in [0.15, 0.2) is 35.8 Å². The van der Waals surface area contributed by atoms with Gasteiger partial charge in [-0.25, -0.2) is 9.59 Å². The summed E-state index contributed by atoms with van der Waals surface area (Å²) < 4.78 is 14.2. The molecule has 12 heteroatoms. The quantitative estimate of drug-likeness (QED) is 0.337. The first-order valence-electron chi connectivity index (χ1n) is 18.8. The number of aliphatic hydroxyl groups is 1. The monoisotopic (exact) mass is 717 g/mol. The molecule has 2 aromatic rings. The highest BCUT2D eigenvalue weighted by molar-refractivity contribution is 5.97. The highest BCUT2D eigenvalue weighted by atomic mass is 16.6. The number of carboxylic acid groups (broad SMARTS) is 1. The molecular formula is C40H51N3O9. The molecule has 3 heterocycles. The minimum Gasteiger partial charge on any atom is -0.487 e. The van der Waals surface area contributed by atoms with Gasteiger partial charge in [0.25, 0.3) is 0 Å². The van der Waals surface area contributed by atoms with Crippen LogP contribution in [0.25, 0.3) is 10.9 Å². The number of carbonyl (C=O) groups excluding carboxylic acids is 3. The first-order chi connectivity index (χ1) is 24.6. The molecule has 1 saturated heterocycles. The number of carboxylic acids is 1. The van der Waals surface area contributed by atoms with Crippen molar-refractivity contribution in [3.63, 3.8) is 0 Å². The normalized spacial score (nSPS) is 35.9. The molecule has 2 bridgehead atoms. The number of ketones is 1. The number of hydrogen-bond donors (Lipinski definition) is 3. The Morgan fingerprint density at radius 1 is 1.08 bits per heavy atom. The molecule has 0 radical (unpaired) electrons.